The van der Waals surface area contributed by atoms with Gasteiger partial charge >= 0.3 is 0 Å². The summed E-state index contributed by atoms with van der Waals surface area (Å²) in [5.74, 6) is -0.273. The lowest BCUT2D eigenvalue weighted by Crippen LogP contribution is -2.23. The van der Waals surface area contributed by atoms with E-state index in [0.717, 1.165) is 27.9 Å². The minimum atomic E-state index is -0.273. The number of aryl methyl sites for hydroxylation is 1. The summed E-state index contributed by atoms with van der Waals surface area (Å²) in [6.45, 7) is 2.04. The van der Waals surface area contributed by atoms with E-state index in [9.17, 15) is 4.79 Å². The first kappa shape index (κ1) is 19.6. The van der Waals surface area contributed by atoms with Crippen LogP contribution in [-0.4, -0.2) is 26.1 Å². The van der Waals surface area contributed by atoms with Crippen LogP contribution < -0.4 is 5.32 Å². The van der Waals surface area contributed by atoms with Crippen LogP contribution in [0.25, 0.3) is 22.2 Å². The number of hydrogen-bond acceptors (Lipinski definition) is 4. The van der Waals surface area contributed by atoms with Crippen LogP contribution in [0.4, 0.5) is 0 Å². The van der Waals surface area contributed by atoms with Crippen LogP contribution >= 0.6 is 34.8 Å². The van der Waals surface area contributed by atoms with Gasteiger partial charge < -0.3 is 5.32 Å². The fourth-order valence-electron chi connectivity index (χ4n) is 2.98. The average Bonchev–Trinajstić information content (AvgIpc) is 3.14. The number of aromatic nitrogens is 4. The molecule has 146 valence electrons. The van der Waals surface area contributed by atoms with Gasteiger partial charge in [0, 0.05) is 46.7 Å². The number of H-pyrrole nitrogens is 1. The summed E-state index contributed by atoms with van der Waals surface area (Å²) in [5, 5.41) is 11.7. The highest BCUT2D eigenvalue weighted by Gasteiger charge is 2.15. The van der Waals surface area contributed by atoms with Gasteiger partial charge in [0.05, 0.1) is 15.6 Å². The average molecular weight is 447 g/mol. The molecule has 0 aliphatic rings. The Balaban J connectivity index is 1.62. The van der Waals surface area contributed by atoms with E-state index < -0.39 is 0 Å². The maximum atomic E-state index is 12.7. The summed E-state index contributed by atoms with van der Waals surface area (Å²) in [6.07, 6.45) is 3.13. The van der Waals surface area contributed by atoms with Crippen LogP contribution in [0.1, 0.15) is 21.6 Å². The van der Waals surface area contributed by atoms with E-state index >= 15 is 0 Å². The molecule has 0 atom stereocenters. The molecule has 0 aliphatic carbocycles. The molecule has 0 bridgehead atoms. The molecular formula is C20H14Cl3N5O. The molecule has 0 radical (unpaired) electrons. The summed E-state index contributed by atoms with van der Waals surface area (Å²) in [5.41, 5.74) is 4.39. The normalized spacial score (nSPS) is 11.0. The van der Waals surface area contributed by atoms with Gasteiger partial charge in [-0.05, 0) is 37.3 Å². The molecule has 0 spiro atoms. The Kier molecular flexibility index (Phi) is 5.41. The van der Waals surface area contributed by atoms with Crippen molar-refractivity contribution in [1.29, 1.82) is 0 Å². The molecule has 0 unspecified atom stereocenters. The largest absolute Gasteiger partial charge is 0.348 e. The van der Waals surface area contributed by atoms with Crippen molar-refractivity contribution < 1.29 is 4.79 Å². The Hall–Kier alpha value is -2.67. The Morgan fingerprint density at radius 1 is 1.14 bits per heavy atom. The lowest BCUT2D eigenvalue weighted by molar-refractivity contribution is 0.0951. The highest BCUT2D eigenvalue weighted by Crippen LogP contribution is 2.30. The second kappa shape index (κ2) is 7.99. The van der Waals surface area contributed by atoms with Crippen LogP contribution in [0.5, 0.6) is 0 Å². The van der Waals surface area contributed by atoms with Gasteiger partial charge in [0.2, 0.25) is 0 Å². The number of amides is 1. The van der Waals surface area contributed by atoms with Crippen molar-refractivity contribution in [2.75, 3.05) is 0 Å². The predicted octanol–water partition coefficient (Wildman–Crippen LogP) is 5.22. The van der Waals surface area contributed by atoms with Gasteiger partial charge in [-0.15, -0.1) is 0 Å². The smallest absolute Gasteiger partial charge is 0.251 e. The minimum Gasteiger partial charge on any atom is -0.348 e. The SMILES string of the molecule is Cc1cc(-c2n[nH]c3ccc(C(=O)NCc4c(Cl)cnc(Cl)c4Cl)cc23)ccn1. The molecule has 3 aromatic heterocycles. The third kappa shape index (κ3) is 3.92. The number of benzene rings is 1. The van der Waals surface area contributed by atoms with Crippen molar-refractivity contribution >= 4 is 51.6 Å². The number of pyridine rings is 2. The first-order valence-electron chi connectivity index (χ1n) is 8.62. The molecule has 0 fully saturated rings. The van der Waals surface area contributed by atoms with E-state index in [1.54, 1.807) is 18.3 Å². The second-order valence-electron chi connectivity index (χ2n) is 6.39. The Labute approximate surface area is 181 Å². The molecule has 3 heterocycles. The summed E-state index contributed by atoms with van der Waals surface area (Å²) in [4.78, 5) is 20.8. The van der Waals surface area contributed by atoms with E-state index in [0.29, 0.717) is 16.1 Å². The zero-order valence-electron chi connectivity index (χ0n) is 15.1. The molecule has 4 rings (SSSR count). The van der Waals surface area contributed by atoms with Crippen molar-refractivity contribution in [2.45, 2.75) is 13.5 Å². The van der Waals surface area contributed by atoms with Gasteiger partial charge in [-0.1, -0.05) is 34.8 Å². The van der Waals surface area contributed by atoms with Crippen molar-refractivity contribution in [3.63, 3.8) is 0 Å². The van der Waals surface area contributed by atoms with Gasteiger partial charge in [-0.3, -0.25) is 14.9 Å². The van der Waals surface area contributed by atoms with Crippen LogP contribution in [-0.2, 0) is 6.54 Å². The van der Waals surface area contributed by atoms with Crippen molar-refractivity contribution in [3.8, 4) is 11.3 Å². The molecule has 0 saturated carbocycles. The van der Waals surface area contributed by atoms with Crippen LogP contribution in [0.3, 0.4) is 0 Å². The molecule has 1 aromatic carbocycles. The quantitative estimate of drug-likeness (QED) is 0.421. The Bertz CT molecular complexity index is 1240. The lowest BCUT2D eigenvalue weighted by atomic mass is 10.1. The van der Waals surface area contributed by atoms with E-state index in [4.69, 9.17) is 34.8 Å². The fraction of sp³-hybridized carbons (Fsp3) is 0.100. The lowest BCUT2D eigenvalue weighted by Gasteiger charge is -2.10. The molecule has 0 aliphatic heterocycles. The van der Waals surface area contributed by atoms with E-state index in [2.05, 4.69) is 25.5 Å². The Morgan fingerprint density at radius 2 is 1.97 bits per heavy atom. The number of fused-ring (bicyclic) bond motifs is 1. The van der Waals surface area contributed by atoms with E-state index in [1.807, 2.05) is 25.1 Å². The summed E-state index contributed by atoms with van der Waals surface area (Å²) in [6, 6.07) is 9.16. The second-order valence-corrected chi connectivity index (χ2v) is 7.53. The minimum absolute atomic E-state index is 0.124. The zero-order valence-corrected chi connectivity index (χ0v) is 17.4. The van der Waals surface area contributed by atoms with Gasteiger partial charge in [-0.2, -0.15) is 5.10 Å². The van der Waals surface area contributed by atoms with Gasteiger partial charge in [0.1, 0.15) is 10.8 Å². The molecular weight excluding hydrogens is 433 g/mol. The van der Waals surface area contributed by atoms with E-state index in [1.165, 1.54) is 6.20 Å². The van der Waals surface area contributed by atoms with Gasteiger partial charge in [0.25, 0.3) is 5.91 Å². The number of aromatic amines is 1. The number of nitrogens with zero attached hydrogens (tertiary/aromatic N) is 3. The molecule has 6 nitrogen and oxygen atoms in total. The van der Waals surface area contributed by atoms with Crippen LogP contribution in [0, 0.1) is 6.92 Å². The molecule has 4 aromatic rings. The number of halogens is 3. The van der Waals surface area contributed by atoms with Gasteiger partial charge in [0.15, 0.2) is 0 Å². The highest BCUT2D eigenvalue weighted by molar-refractivity contribution is 6.43. The zero-order chi connectivity index (χ0) is 20.5. The third-order valence-corrected chi connectivity index (χ3v) is 5.56. The summed E-state index contributed by atoms with van der Waals surface area (Å²) < 4.78 is 0. The standard InChI is InChI=1S/C20H14Cl3N5O/c1-10-6-11(4-5-24-10)18-13-7-12(2-3-16(13)27-28-18)20(29)26-8-14-15(21)9-25-19(23)17(14)22/h2-7,9H,8H2,1H3,(H,26,29)(H,27,28). The van der Waals surface area contributed by atoms with E-state index in [-0.39, 0.29) is 22.6 Å². The molecule has 29 heavy (non-hydrogen) atoms. The maximum absolute atomic E-state index is 12.7. The summed E-state index contributed by atoms with van der Waals surface area (Å²) >= 11 is 18.2. The van der Waals surface area contributed by atoms with Crippen molar-refractivity contribution in [1.82, 2.24) is 25.5 Å². The molecule has 2 N–H and O–H groups in total. The van der Waals surface area contributed by atoms with Crippen molar-refractivity contribution in [2.24, 2.45) is 0 Å². The number of carbonyl (C=O) groups is 1. The third-order valence-electron chi connectivity index (χ3n) is 4.45. The molecule has 0 saturated heterocycles. The number of nitrogens with one attached hydrogen (secondary N) is 2. The summed E-state index contributed by atoms with van der Waals surface area (Å²) in [7, 11) is 0. The molecule has 1 amide bonds. The monoisotopic (exact) mass is 445 g/mol. The number of hydrogen-bond donors (Lipinski definition) is 2. The van der Waals surface area contributed by atoms with Gasteiger partial charge in [-0.25, -0.2) is 4.98 Å². The first-order valence-corrected chi connectivity index (χ1v) is 9.75. The van der Waals surface area contributed by atoms with Crippen molar-refractivity contribution in [3.05, 3.63) is 74.7 Å². The Morgan fingerprint density at radius 3 is 2.76 bits per heavy atom. The highest BCUT2D eigenvalue weighted by atomic mass is 35.5. The van der Waals surface area contributed by atoms with Crippen LogP contribution in [0.2, 0.25) is 15.2 Å². The maximum Gasteiger partial charge on any atom is 0.251 e. The fourth-order valence-corrected chi connectivity index (χ4v) is 3.62. The first-order chi connectivity index (χ1) is 13.9. The number of carbonyl (C=O) groups excluding carboxylic acids is 1. The predicted molar refractivity (Wildman–Crippen MR) is 114 cm³/mol. The topological polar surface area (TPSA) is 83.6 Å². The molecule has 9 heteroatoms. The number of rotatable bonds is 4. The van der Waals surface area contributed by atoms with Crippen LogP contribution in [0.15, 0.2) is 42.7 Å².